The van der Waals surface area contributed by atoms with E-state index in [1.807, 2.05) is 0 Å². The summed E-state index contributed by atoms with van der Waals surface area (Å²) in [7, 11) is -1.66. The average molecular weight is 265 g/mol. The summed E-state index contributed by atoms with van der Waals surface area (Å²) in [6.45, 7) is 1.32. The first-order chi connectivity index (χ1) is 7.41. The molecule has 1 N–H and O–H groups in total. The van der Waals surface area contributed by atoms with Crippen LogP contribution in [-0.2, 0) is 21.3 Å². The molecule has 0 bridgehead atoms. The molecule has 0 aromatic heterocycles. The van der Waals surface area contributed by atoms with E-state index in [1.54, 1.807) is 0 Å². The summed E-state index contributed by atoms with van der Waals surface area (Å²) in [5.74, 6) is -1.85. The first-order valence-electron chi connectivity index (χ1n) is 4.45. The number of carbonyl (C=O) groups is 1. The fraction of sp³-hybridized carbons (Fsp3) is 0.300. The first-order valence-corrected chi connectivity index (χ1v) is 6.21. The number of carboxylic acid groups (broad SMARTS) is 1. The predicted octanol–water partition coefficient (Wildman–Crippen LogP) is 2.20. The third kappa shape index (κ3) is 3.28. The quantitative estimate of drug-likeness (QED) is 0.907. The summed E-state index contributed by atoms with van der Waals surface area (Å²) in [5.41, 5.74) is 0.166. The first kappa shape index (κ1) is 13.1. The number of hydrogen-bond donors (Lipinski definition) is 1. The highest BCUT2D eigenvalue weighted by Crippen LogP contribution is 2.17. The lowest BCUT2D eigenvalue weighted by Gasteiger charge is -2.07. The minimum absolute atomic E-state index is 0.153. The van der Waals surface area contributed by atoms with Crippen molar-refractivity contribution in [3.05, 3.63) is 34.6 Å². The highest BCUT2D eigenvalue weighted by Gasteiger charge is 2.20. The topological polar surface area (TPSA) is 54.4 Å². The molecule has 2 unspecified atom stereocenters. The van der Waals surface area contributed by atoms with Crippen LogP contribution < -0.4 is 0 Å². The van der Waals surface area contributed by atoms with E-state index < -0.39 is 27.8 Å². The Morgan fingerprint density at radius 3 is 2.81 bits per heavy atom. The summed E-state index contributed by atoms with van der Waals surface area (Å²) < 4.78 is 24.8. The van der Waals surface area contributed by atoms with Gasteiger partial charge in [-0.2, -0.15) is 0 Å². The Hall–Kier alpha value is -0.940. The maximum Gasteiger partial charge on any atom is 0.318 e. The largest absolute Gasteiger partial charge is 0.480 e. The highest BCUT2D eigenvalue weighted by atomic mass is 35.5. The zero-order valence-corrected chi connectivity index (χ0v) is 10.0. The molecule has 3 nitrogen and oxygen atoms in total. The smallest absolute Gasteiger partial charge is 0.318 e. The zero-order valence-electron chi connectivity index (χ0n) is 8.44. The molecule has 0 heterocycles. The number of aliphatic carboxylic acids is 1. The van der Waals surface area contributed by atoms with Crippen molar-refractivity contribution in [3.63, 3.8) is 0 Å². The predicted molar refractivity (Wildman–Crippen MR) is 60.4 cm³/mol. The summed E-state index contributed by atoms with van der Waals surface area (Å²) >= 11 is 5.66. The maximum absolute atomic E-state index is 13.3. The number of halogens is 2. The maximum atomic E-state index is 13.3. The van der Waals surface area contributed by atoms with Gasteiger partial charge in [0.15, 0.2) is 0 Å². The summed E-state index contributed by atoms with van der Waals surface area (Å²) in [5, 5.41) is 7.94. The number of hydrogen-bond acceptors (Lipinski definition) is 2. The molecule has 1 rings (SSSR count). The molecule has 0 spiro atoms. The van der Waals surface area contributed by atoms with Crippen LogP contribution in [0.2, 0.25) is 5.02 Å². The van der Waals surface area contributed by atoms with Crippen LogP contribution in [0.25, 0.3) is 0 Å². The number of carboxylic acids is 1. The Morgan fingerprint density at radius 1 is 1.62 bits per heavy atom. The molecule has 0 aliphatic heterocycles. The second-order valence-electron chi connectivity index (χ2n) is 3.24. The minimum Gasteiger partial charge on any atom is -0.480 e. The fourth-order valence-electron chi connectivity index (χ4n) is 1.04. The van der Waals surface area contributed by atoms with Crippen molar-refractivity contribution in [2.45, 2.75) is 17.9 Å². The molecule has 0 saturated heterocycles. The molecule has 0 aliphatic carbocycles. The molecule has 6 heteroatoms. The Kier molecular flexibility index (Phi) is 4.44. The van der Waals surface area contributed by atoms with E-state index in [0.717, 1.165) is 0 Å². The van der Waals surface area contributed by atoms with Gasteiger partial charge in [-0.3, -0.25) is 9.00 Å². The number of benzene rings is 1. The van der Waals surface area contributed by atoms with Gasteiger partial charge in [0, 0.05) is 21.4 Å². The van der Waals surface area contributed by atoms with Crippen molar-refractivity contribution < 1.29 is 18.5 Å². The lowest BCUT2D eigenvalue weighted by Crippen LogP contribution is -2.23. The van der Waals surface area contributed by atoms with Gasteiger partial charge in [0.05, 0.1) is 5.75 Å². The lowest BCUT2D eigenvalue weighted by atomic mass is 10.2. The molecule has 1 aromatic carbocycles. The van der Waals surface area contributed by atoms with E-state index >= 15 is 0 Å². The van der Waals surface area contributed by atoms with Crippen LogP contribution in [0.15, 0.2) is 18.2 Å². The lowest BCUT2D eigenvalue weighted by molar-refractivity contribution is -0.136. The van der Waals surface area contributed by atoms with Crippen molar-refractivity contribution in [3.8, 4) is 0 Å². The summed E-state index contributed by atoms with van der Waals surface area (Å²) in [6, 6.07) is 3.90. The Bertz CT molecular complexity index is 436. The Morgan fingerprint density at radius 2 is 2.25 bits per heavy atom. The van der Waals surface area contributed by atoms with Crippen LogP contribution in [0, 0.1) is 5.82 Å². The second-order valence-corrected chi connectivity index (χ2v) is 5.43. The molecule has 0 amide bonds. The van der Waals surface area contributed by atoms with Crippen molar-refractivity contribution >= 4 is 28.4 Å². The molecular weight excluding hydrogens is 255 g/mol. The zero-order chi connectivity index (χ0) is 12.3. The molecule has 0 saturated carbocycles. The van der Waals surface area contributed by atoms with Crippen LogP contribution in [0.3, 0.4) is 0 Å². The van der Waals surface area contributed by atoms with Gasteiger partial charge in [-0.15, -0.1) is 0 Å². The van der Waals surface area contributed by atoms with Gasteiger partial charge in [-0.05, 0) is 25.1 Å². The molecule has 2 atom stereocenters. The van der Waals surface area contributed by atoms with Gasteiger partial charge >= 0.3 is 5.97 Å². The van der Waals surface area contributed by atoms with E-state index in [2.05, 4.69) is 0 Å². The normalized spacial score (nSPS) is 14.4. The van der Waals surface area contributed by atoms with Gasteiger partial charge in [0.25, 0.3) is 0 Å². The third-order valence-electron chi connectivity index (χ3n) is 2.05. The minimum atomic E-state index is -1.66. The van der Waals surface area contributed by atoms with Crippen molar-refractivity contribution in [1.29, 1.82) is 0 Å². The van der Waals surface area contributed by atoms with E-state index in [4.69, 9.17) is 16.7 Å². The van der Waals surface area contributed by atoms with Gasteiger partial charge in [0.1, 0.15) is 11.1 Å². The van der Waals surface area contributed by atoms with E-state index in [-0.39, 0.29) is 11.3 Å². The highest BCUT2D eigenvalue weighted by molar-refractivity contribution is 7.85. The second kappa shape index (κ2) is 5.41. The van der Waals surface area contributed by atoms with Crippen LogP contribution >= 0.6 is 11.6 Å². The molecule has 88 valence electrons. The van der Waals surface area contributed by atoms with Crippen molar-refractivity contribution in [2.75, 3.05) is 0 Å². The SMILES string of the molecule is CC(C(=O)O)S(=O)Cc1cc(Cl)ccc1F. The fourth-order valence-corrected chi connectivity index (χ4v) is 2.24. The average Bonchev–Trinajstić information content (AvgIpc) is 2.22. The molecule has 0 fully saturated rings. The van der Waals surface area contributed by atoms with E-state index in [0.29, 0.717) is 5.02 Å². The van der Waals surface area contributed by atoms with E-state index in [1.165, 1.54) is 25.1 Å². The van der Waals surface area contributed by atoms with Crippen molar-refractivity contribution in [1.82, 2.24) is 0 Å². The summed E-state index contributed by atoms with van der Waals surface area (Å²) in [4.78, 5) is 10.6. The molecule has 0 aliphatic rings. The Balaban J connectivity index is 2.84. The molecule has 0 radical (unpaired) electrons. The standard InChI is InChI=1S/C10H10ClFO3S/c1-6(10(13)14)16(15)5-7-4-8(11)2-3-9(7)12/h2-4,6H,5H2,1H3,(H,13,14). The van der Waals surface area contributed by atoms with Crippen LogP contribution in [0.5, 0.6) is 0 Å². The van der Waals surface area contributed by atoms with Crippen LogP contribution in [0.4, 0.5) is 4.39 Å². The van der Waals surface area contributed by atoms with Gasteiger partial charge in [0.2, 0.25) is 0 Å². The molecule has 16 heavy (non-hydrogen) atoms. The Labute approximate surface area is 99.7 Å². The monoisotopic (exact) mass is 264 g/mol. The van der Waals surface area contributed by atoms with Crippen molar-refractivity contribution in [2.24, 2.45) is 0 Å². The third-order valence-corrected chi connectivity index (χ3v) is 3.87. The van der Waals surface area contributed by atoms with Crippen LogP contribution in [0.1, 0.15) is 12.5 Å². The van der Waals surface area contributed by atoms with E-state index in [9.17, 15) is 13.4 Å². The van der Waals surface area contributed by atoms with Gasteiger partial charge < -0.3 is 5.11 Å². The molecule has 1 aromatic rings. The van der Waals surface area contributed by atoms with Gasteiger partial charge in [-0.1, -0.05) is 11.6 Å². The van der Waals surface area contributed by atoms with Gasteiger partial charge in [-0.25, -0.2) is 4.39 Å². The van der Waals surface area contributed by atoms with Crippen LogP contribution in [-0.4, -0.2) is 20.5 Å². The molecular formula is C10H10ClFO3S. The summed E-state index contributed by atoms with van der Waals surface area (Å²) in [6.07, 6.45) is 0. The number of rotatable bonds is 4.